The number of aliphatic hydroxyl groups is 2. The zero-order valence-corrected chi connectivity index (χ0v) is 10.7. The molecule has 0 aliphatic heterocycles. The fraction of sp³-hybridized carbons (Fsp3) is 0.455. The van der Waals surface area contributed by atoms with Crippen LogP contribution in [0.25, 0.3) is 0 Å². The van der Waals surface area contributed by atoms with Crippen molar-refractivity contribution in [3.63, 3.8) is 0 Å². The van der Waals surface area contributed by atoms with Crippen LogP contribution in [-0.4, -0.2) is 21.9 Å². The lowest BCUT2D eigenvalue weighted by atomic mass is 9.94. The van der Waals surface area contributed by atoms with Gasteiger partial charge in [0.2, 0.25) is 0 Å². The predicted molar refractivity (Wildman–Crippen MR) is 66.7 cm³/mol. The van der Waals surface area contributed by atoms with Crippen molar-refractivity contribution in [2.24, 2.45) is 5.92 Å². The Morgan fingerprint density at radius 3 is 2.67 bits per heavy atom. The van der Waals surface area contributed by atoms with Gasteiger partial charge in [0.15, 0.2) is 0 Å². The molecule has 0 aliphatic rings. The van der Waals surface area contributed by atoms with Crippen LogP contribution >= 0.6 is 22.6 Å². The van der Waals surface area contributed by atoms with Crippen molar-refractivity contribution < 1.29 is 15.3 Å². The van der Waals surface area contributed by atoms with Crippen LogP contribution in [0.5, 0.6) is 5.75 Å². The molecule has 1 aromatic carbocycles. The van der Waals surface area contributed by atoms with E-state index in [0.717, 1.165) is 3.57 Å². The average Bonchev–Trinajstić information content (AvgIpc) is 2.21. The molecule has 0 aliphatic carbocycles. The SMILES string of the molecule is C[C@H](CCO)[C@H](O)c1cc(I)ccc1O. The minimum Gasteiger partial charge on any atom is -0.508 e. The van der Waals surface area contributed by atoms with E-state index in [2.05, 4.69) is 22.6 Å². The van der Waals surface area contributed by atoms with E-state index in [0.29, 0.717) is 12.0 Å². The van der Waals surface area contributed by atoms with Crippen molar-refractivity contribution in [2.45, 2.75) is 19.4 Å². The topological polar surface area (TPSA) is 60.7 Å². The molecule has 1 aromatic rings. The molecule has 0 spiro atoms. The smallest absolute Gasteiger partial charge is 0.121 e. The van der Waals surface area contributed by atoms with Crippen molar-refractivity contribution in [2.75, 3.05) is 6.61 Å². The van der Waals surface area contributed by atoms with E-state index in [1.54, 1.807) is 18.2 Å². The molecule has 0 aromatic heterocycles. The van der Waals surface area contributed by atoms with Gasteiger partial charge in [-0.25, -0.2) is 0 Å². The first kappa shape index (κ1) is 12.7. The molecule has 1 rings (SSSR count). The summed E-state index contributed by atoms with van der Waals surface area (Å²) in [6, 6.07) is 5.11. The molecule has 84 valence electrons. The summed E-state index contributed by atoms with van der Waals surface area (Å²) in [4.78, 5) is 0. The van der Waals surface area contributed by atoms with E-state index in [9.17, 15) is 10.2 Å². The Hall–Kier alpha value is -0.330. The van der Waals surface area contributed by atoms with Crippen LogP contribution in [0.15, 0.2) is 18.2 Å². The van der Waals surface area contributed by atoms with E-state index in [1.165, 1.54) is 0 Å². The first-order chi connectivity index (χ1) is 7.06. The highest BCUT2D eigenvalue weighted by Crippen LogP contribution is 2.31. The number of aromatic hydroxyl groups is 1. The molecular formula is C11H15IO3. The summed E-state index contributed by atoms with van der Waals surface area (Å²) in [6.07, 6.45) is -0.210. The van der Waals surface area contributed by atoms with E-state index >= 15 is 0 Å². The molecule has 0 saturated carbocycles. The second kappa shape index (κ2) is 5.67. The quantitative estimate of drug-likeness (QED) is 0.744. The summed E-state index contributed by atoms with van der Waals surface area (Å²) in [5.41, 5.74) is 0.530. The van der Waals surface area contributed by atoms with Crippen molar-refractivity contribution in [1.82, 2.24) is 0 Å². The van der Waals surface area contributed by atoms with Gasteiger partial charge in [-0.3, -0.25) is 0 Å². The van der Waals surface area contributed by atoms with Crippen LogP contribution in [0, 0.1) is 9.49 Å². The Morgan fingerprint density at radius 2 is 2.07 bits per heavy atom. The van der Waals surface area contributed by atoms with Crippen LogP contribution in [0.3, 0.4) is 0 Å². The molecule has 0 bridgehead atoms. The van der Waals surface area contributed by atoms with Crippen molar-refractivity contribution >= 4 is 22.6 Å². The van der Waals surface area contributed by atoms with Gasteiger partial charge in [0.25, 0.3) is 0 Å². The lowest BCUT2D eigenvalue weighted by molar-refractivity contribution is 0.0966. The number of hydrogen-bond donors (Lipinski definition) is 3. The molecule has 0 fully saturated rings. The van der Waals surface area contributed by atoms with Gasteiger partial charge in [-0.15, -0.1) is 0 Å². The van der Waals surface area contributed by atoms with Gasteiger partial charge in [-0.1, -0.05) is 6.92 Å². The fourth-order valence-electron chi connectivity index (χ4n) is 1.43. The predicted octanol–water partition coefficient (Wildman–Crippen LogP) is 2.05. The monoisotopic (exact) mass is 322 g/mol. The Bertz CT molecular complexity index is 328. The first-order valence-electron chi connectivity index (χ1n) is 4.83. The Morgan fingerprint density at radius 1 is 1.40 bits per heavy atom. The van der Waals surface area contributed by atoms with Crippen LogP contribution in [-0.2, 0) is 0 Å². The van der Waals surface area contributed by atoms with Gasteiger partial charge in [0.1, 0.15) is 5.75 Å². The highest BCUT2D eigenvalue weighted by atomic mass is 127. The number of aliphatic hydroxyl groups excluding tert-OH is 2. The maximum absolute atomic E-state index is 9.95. The highest BCUT2D eigenvalue weighted by molar-refractivity contribution is 14.1. The summed E-state index contributed by atoms with van der Waals surface area (Å²) in [7, 11) is 0. The zero-order chi connectivity index (χ0) is 11.4. The van der Waals surface area contributed by atoms with E-state index in [1.807, 2.05) is 6.92 Å². The number of benzene rings is 1. The number of rotatable bonds is 4. The Labute approximate surface area is 103 Å². The van der Waals surface area contributed by atoms with Crippen LogP contribution in [0.2, 0.25) is 0 Å². The fourth-order valence-corrected chi connectivity index (χ4v) is 1.95. The molecule has 0 amide bonds. The summed E-state index contributed by atoms with van der Waals surface area (Å²) in [5, 5.41) is 28.3. The third-order valence-corrected chi connectivity index (χ3v) is 3.10. The molecular weight excluding hydrogens is 307 g/mol. The molecule has 0 heterocycles. The highest BCUT2D eigenvalue weighted by Gasteiger charge is 2.19. The van der Waals surface area contributed by atoms with Gasteiger partial charge in [-0.05, 0) is 53.1 Å². The molecule has 0 radical (unpaired) electrons. The molecule has 0 saturated heterocycles. The second-order valence-corrected chi connectivity index (χ2v) is 4.88. The maximum atomic E-state index is 9.95. The molecule has 3 nitrogen and oxygen atoms in total. The van der Waals surface area contributed by atoms with Gasteiger partial charge in [0, 0.05) is 15.7 Å². The minimum absolute atomic E-state index is 0.0446. The van der Waals surface area contributed by atoms with Gasteiger partial charge in [-0.2, -0.15) is 0 Å². The van der Waals surface area contributed by atoms with Crippen LogP contribution in [0.1, 0.15) is 25.0 Å². The van der Waals surface area contributed by atoms with Crippen molar-refractivity contribution in [1.29, 1.82) is 0 Å². The van der Waals surface area contributed by atoms with Crippen LogP contribution in [0.4, 0.5) is 0 Å². The number of phenols is 1. The zero-order valence-electron chi connectivity index (χ0n) is 8.52. The molecule has 4 heteroatoms. The van der Waals surface area contributed by atoms with Crippen molar-refractivity contribution in [3.05, 3.63) is 27.3 Å². The van der Waals surface area contributed by atoms with Crippen molar-refractivity contribution in [3.8, 4) is 5.75 Å². The van der Waals surface area contributed by atoms with E-state index < -0.39 is 6.10 Å². The second-order valence-electron chi connectivity index (χ2n) is 3.64. The van der Waals surface area contributed by atoms with Gasteiger partial charge in [0.05, 0.1) is 6.10 Å². The molecule has 0 unspecified atom stereocenters. The summed E-state index contributed by atoms with van der Waals surface area (Å²) in [5.74, 6) is 0.0341. The summed E-state index contributed by atoms with van der Waals surface area (Å²) in [6.45, 7) is 1.89. The largest absolute Gasteiger partial charge is 0.508 e. The summed E-state index contributed by atoms with van der Waals surface area (Å²) < 4.78 is 0.968. The summed E-state index contributed by atoms with van der Waals surface area (Å²) >= 11 is 2.13. The van der Waals surface area contributed by atoms with E-state index in [-0.39, 0.29) is 18.3 Å². The number of phenolic OH excluding ortho intramolecular Hbond substituents is 1. The lowest BCUT2D eigenvalue weighted by Crippen LogP contribution is -2.11. The maximum Gasteiger partial charge on any atom is 0.121 e. The van der Waals surface area contributed by atoms with Gasteiger partial charge < -0.3 is 15.3 Å². The van der Waals surface area contributed by atoms with Gasteiger partial charge >= 0.3 is 0 Å². The number of halogens is 1. The lowest BCUT2D eigenvalue weighted by Gasteiger charge is -2.19. The first-order valence-corrected chi connectivity index (χ1v) is 5.91. The third-order valence-electron chi connectivity index (χ3n) is 2.43. The molecule has 2 atom stereocenters. The Kier molecular flexibility index (Phi) is 4.82. The Balaban J connectivity index is 2.89. The molecule has 3 N–H and O–H groups in total. The third kappa shape index (κ3) is 3.32. The minimum atomic E-state index is -0.730. The molecule has 15 heavy (non-hydrogen) atoms. The number of hydrogen-bond acceptors (Lipinski definition) is 3. The standard InChI is InChI=1S/C11H15IO3/c1-7(4-5-13)11(15)9-6-8(12)2-3-10(9)14/h2-3,6-7,11,13-15H,4-5H2,1H3/t7-,11+/m1/s1. The van der Waals surface area contributed by atoms with Crippen LogP contribution < -0.4 is 0 Å². The average molecular weight is 322 g/mol. The normalized spacial score (nSPS) is 14.9. The van der Waals surface area contributed by atoms with E-state index in [4.69, 9.17) is 5.11 Å².